The molecule has 21 heavy (non-hydrogen) atoms. The summed E-state index contributed by atoms with van der Waals surface area (Å²) in [5.74, 6) is 0.678. The maximum atomic E-state index is 6.02. The second kappa shape index (κ2) is 4.17. The van der Waals surface area contributed by atoms with E-state index < -0.39 is 0 Å². The van der Waals surface area contributed by atoms with Crippen LogP contribution < -0.4 is 11.5 Å². The van der Waals surface area contributed by atoms with Crippen molar-refractivity contribution < 1.29 is 0 Å². The highest BCUT2D eigenvalue weighted by molar-refractivity contribution is 6.15. The molecule has 0 aliphatic heterocycles. The molecule has 0 saturated carbocycles. The van der Waals surface area contributed by atoms with Crippen LogP contribution in [0.4, 0.5) is 11.8 Å². The van der Waals surface area contributed by atoms with Crippen molar-refractivity contribution in [3.8, 4) is 11.3 Å². The fourth-order valence-electron chi connectivity index (χ4n) is 2.62. The highest BCUT2D eigenvalue weighted by Crippen LogP contribution is 2.34. The van der Waals surface area contributed by atoms with Crippen molar-refractivity contribution in [2.45, 2.75) is 0 Å². The van der Waals surface area contributed by atoms with E-state index in [1.54, 1.807) is 12.4 Å². The largest absolute Gasteiger partial charge is 0.383 e. The van der Waals surface area contributed by atoms with Gasteiger partial charge < -0.3 is 16.5 Å². The van der Waals surface area contributed by atoms with Gasteiger partial charge in [-0.25, -0.2) is 0 Å². The van der Waals surface area contributed by atoms with E-state index in [1.165, 1.54) is 0 Å². The Kier molecular flexibility index (Phi) is 2.32. The van der Waals surface area contributed by atoms with Gasteiger partial charge in [-0.2, -0.15) is 4.98 Å². The van der Waals surface area contributed by atoms with Crippen molar-refractivity contribution in [3.63, 3.8) is 0 Å². The Bertz CT molecular complexity index is 958. The highest BCUT2D eigenvalue weighted by Gasteiger charge is 2.14. The molecule has 6 nitrogen and oxygen atoms in total. The summed E-state index contributed by atoms with van der Waals surface area (Å²) < 4.78 is 0. The summed E-state index contributed by atoms with van der Waals surface area (Å²) in [5.41, 5.74) is 15.2. The molecule has 0 aliphatic carbocycles. The van der Waals surface area contributed by atoms with Crippen LogP contribution in [0.3, 0.4) is 0 Å². The normalized spacial score (nSPS) is 11.2. The van der Waals surface area contributed by atoms with Gasteiger partial charge >= 0.3 is 0 Å². The monoisotopic (exact) mass is 276 g/mol. The fraction of sp³-hybridized carbons (Fsp3) is 0. The highest BCUT2D eigenvalue weighted by atomic mass is 15.0. The van der Waals surface area contributed by atoms with Gasteiger partial charge in [-0.1, -0.05) is 6.07 Å². The lowest BCUT2D eigenvalue weighted by Gasteiger charge is -2.09. The van der Waals surface area contributed by atoms with E-state index in [4.69, 9.17) is 11.5 Å². The maximum Gasteiger partial charge on any atom is 0.199 e. The zero-order valence-electron chi connectivity index (χ0n) is 11.0. The lowest BCUT2D eigenvalue weighted by molar-refractivity contribution is 1.25. The molecule has 1 aromatic carbocycles. The van der Waals surface area contributed by atoms with Crippen LogP contribution in [0.5, 0.6) is 0 Å². The van der Waals surface area contributed by atoms with Crippen molar-refractivity contribution in [3.05, 3.63) is 42.7 Å². The molecule has 102 valence electrons. The first-order valence-corrected chi connectivity index (χ1v) is 6.48. The number of fused-ring (bicyclic) bond motifs is 3. The minimum absolute atomic E-state index is 0.283. The average molecular weight is 276 g/mol. The van der Waals surface area contributed by atoms with E-state index >= 15 is 0 Å². The molecule has 0 atom stereocenters. The van der Waals surface area contributed by atoms with Gasteiger partial charge in [0.25, 0.3) is 0 Å². The Balaban J connectivity index is 2.19. The van der Waals surface area contributed by atoms with Crippen molar-refractivity contribution in [1.82, 2.24) is 19.9 Å². The lowest BCUT2D eigenvalue weighted by atomic mass is 10.0. The van der Waals surface area contributed by atoms with E-state index in [-0.39, 0.29) is 5.95 Å². The first-order chi connectivity index (χ1) is 10.2. The minimum Gasteiger partial charge on any atom is -0.383 e. The topological polar surface area (TPSA) is 106 Å². The van der Waals surface area contributed by atoms with Gasteiger partial charge in [0.2, 0.25) is 0 Å². The molecule has 4 aromatic rings. The third kappa shape index (κ3) is 1.69. The smallest absolute Gasteiger partial charge is 0.199 e. The number of rotatable bonds is 1. The number of hydrogen-bond donors (Lipinski definition) is 3. The molecule has 6 heteroatoms. The average Bonchev–Trinajstić information content (AvgIpc) is 2.95. The summed E-state index contributed by atoms with van der Waals surface area (Å²) in [6.45, 7) is 0. The minimum atomic E-state index is 0.283. The molecule has 0 bridgehead atoms. The molecule has 0 spiro atoms. The molecule has 3 heterocycles. The van der Waals surface area contributed by atoms with Crippen LogP contribution in [0.1, 0.15) is 0 Å². The van der Waals surface area contributed by atoms with Crippen LogP contribution >= 0.6 is 0 Å². The van der Waals surface area contributed by atoms with Gasteiger partial charge in [-0.05, 0) is 24.3 Å². The molecule has 5 N–H and O–H groups in total. The van der Waals surface area contributed by atoms with E-state index in [2.05, 4.69) is 19.9 Å². The second-order valence-electron chi connectivity index (χ2n) is 4.78. The van der Waals surface area contributed by atoms with Gasteiger partial charge in [-0.3, -0.25) is 9.97 Å². The van der Waals surface area contributed by atoms with E-state index in [9.17, 15) is 0 Å². The number of hydrogen-bond acceptors (Lipinski definition) is 5. The summed E-state index contributed by atoms with van der Waals surface area (Å²) in [6, 6.07) is 9.66. The zero-order valence-corrected chi connectivity index (χ0v) is 11.0. The van der Waals surface area contributed by atoms with Crippen LogP contribution in [0.2, 0.25) is 0 Å². The number of benzene rings is 1. The van der Waals surface area contributed by atoms with E-state index in [1.807, 2.05) is 30.3 Å². The number of pyridine rings is 1. The fourth-order valence-corrected chi connectivity index (χ4v) is 2.62. The summed E-state index contributed by atoms with van der Waals surface area (Å²) in [6.07, 6.45) is 3.51. The Morgan fingerprint density at radius 3 is 2.71 bits per heavy atom. The number of nitrogens with one attached hydrogen (secondary N) is 1. The standard InChI is InChI=1S/C15H12N6/c16-14-12-8-4-6-19-13(8)9(10-3-1-2-5-18-10)7-11(12)20-15(17)21-14/h1-7H,16H2,(H3,17,20,21). The molecule has 0 fully saturated rings. The molecule has 0 amide bonds. The van der Waals surface area contributed by atoms with Crippen LogP contribution in [0.25, 0.3) is 33.1 Å². The molecular weight excluding hydrogens is 264 g/mol. The molecule has 3 aromatic heterocycles. The van der Waals surface area contributed by atoms with Gasteiger partial charge in [0.1, 0.15) is 5.82 Å². The first kappa shape index (κ1) is 11.7. The van der Waals surface area contributed by atoms with Crippen LogP contribution in [0.15, 0.2) is 42.7 Å². The Hall–Kier alpha value is -3.15. The molecule has 0 radical (unpaired) electrons. The van der Waals surface area contributed by atoms with Gasteiger partial charge in [0.05, 0.1) is 16.7 Å². The number of aromatic nitrogens is 4. The summed E-state index contributed by atoms with van der Waals surface area (Å²) >= 11 is 0. The molecule has 0 unspecified atom stereocenters. The second-order valence-corrected chi connectivity index (χ2v) is 4.78. The van der Waals surface area contributed by atoms with Crippen molar-refractivity contribution >= 4 is 33.6 Å². The summed E-state index contributed by atoms with van der Waals surface area (Å²) in [4.78, 5) is 16.0. The summed E-state index contributed by atoms with van der Waals surface area (Å²) in [5, 5.41) is 1.77. The predicted molar refractivity (Wildman–Crippen MR) is 83.5 cm³/mol. The number of aromatic amines is 1. The van der Waals surface area contributed by atoms with Crippen molar-refractivity contribution in [1.29, 1.82) is 0 Å². The SMILES string of the molecule is Nc1nc(N)c2c(cc(-c3ccccn3)c3nccc32)[nH]1. The number of anilines is 2. The number of nitrogen functional groups attached to an aromatic ring is 2. The zero-order chi connectivity index (χ0) is 14.4. The Morgan fingerprint density at radius 1 is 1.00 bits per heavy atom. The van der Waals surface area contributed by atoms with Crippen LogP contribution in [0, 0.1) is 0 Å². The first-order valence-electron chi connectivity index (χ1n) is 6.48. The van der Waals surface area contributed by atoms with Crippen LogP contribution in [-0.2, 0) is 0 Å². The number of nitrogens with zero attached hydrogens (tertiary/aromatic N) is 3. The lowest BCUT2D eigenvalue weighted by Crippen LogP contribution is -2.01. The molecule has 0 saturated heterocycles. The molecule has 4 rings (SSSR count). The maximum absolute atomic E-state index is 6.02. The van der Waals surface area contributed by atoms with Gasteiger partial charge in [0, 0.05) is 28.7 Å². The van der Waals surface area contributed by atoms with Crippen LogP contribution in [-0.4, -0.2) is 19.9 Å². The number of H-pyrrole nitrogens is 1. The third-order valence-electron chi connectivity index (χ3n) is 3.48. The van der Waals surface area contributed by atoms with Crippen molar-refractivity contribution in [2.24, 2.45) is 0 Å². The molecule has 0 aliphatic rings. The predicted octanol–water partition coefficient (Wildman–Crippen LogP) is 2.34. The quantitative estimate of drug-likeness (QED) is 0.494. The Morgan fingerprint density at radius 2 is 1.90 bits per heavy atom. The molecular formula is C15H12N6. The third-order valence-corrected chi connectivity index (χ3v) is 3.48. The number of nitrogens with two attached hydrogens (primary N) is 2. The van der Waals surface area contributed by atoms with Crippen molar-refractivity contribution in [2.75, 3.05) is 11.5 Å². The van der Waals surface area contributed by atoms with E-state index in [0.29, 0.717) is 5.82 Å². The summed E-state index contributed by atoms with van der Waals surface area (Å²) in [7, 11) is 0. The van der Waals surface area contributed by atoms with Gasteiger partial charge in [-0.15, -0.1) is 0 Å². The van der Waals surface area contributed by atoms with Gasteiger partial charge in [0.15, 0.2) is 5.95 Å². The van der Waals surface area contributed by atoms with E-state index in [0.717, 1.165) is 33.1 Å². The Labute approximate surface area is 119 Å².